The molecule has 0 atom stereocenters. The summed E-state index contributed by atoms with van der Waals surface area (Å²) in [6.45, 7) is 0. The number of benzene rings is 2. The number of ether oxygens (including phenoxy) is 2. The van der Waals surface area contributed by atoms with Crippen LogP contribution in [-0.2, 0) is 5.75 Å². The highest BCUT2D eigenvalue weighted by Gasteiger charge is 2.12. The van der Waals surface area contributed by atoms with Crippen molar-refractivity contribution in [1.29, 1.82) is 0 Å². The first-order chi connectivity index (χ1) is 12.2. The Kier molecular flexibility index (Phi) is 5.88. The second-order valence-electron chi connectivity index (χ2n) is 5.08. The summed E-state index contributed by atoms with van der Waals surface area (Å²) in [7, 11) is 3.20. The minimum absolute atomic E-state index is 0.459. The van der Waals surface area contributed by atoms with Crippen LogP contribution < -0.4 is 9.47 Å². The van der Waals surface area contributed by atoms with Gasteiger partial charge in [0.05, 0.1) is 14.2 Å². The van der Waals surface area contributed by atoms with Gasteiger partial charge in [0.2, 0.25) is 5.89 Å². The fourth-order valence-corrected chi connectivity index (χ4v) is 3.35. The van der Waals surface area contributed by atoms with E-state index in [1.54, 1.807) is 26.0 Å². The molecular weight excluding hydrogens is 356 g/mol. The molecule has 0 saturated heterocycles. The Bertz CT molecular complexity index is 835. The number of nitrogens with zero attached hydrogens (tertiary/aromatic N) is 2. The first kappa shape index (κ1) is 17.7. The Labute approximate surface area is 155 Å². The molecule has 25 heavy (non-hydrogen) atoms. The van der Waals surface area contributed by atoms with Gasteiger partial charge in [-0.15, -0.1) is 22.0 Å². The van der Waals surface area contributed by atoms with Gasteiger partial charge in [-0.05, 0) is 42.2 Å². The van der Waals surface area contributed by atoms with Crippen molar-refractivity contribution < 1.29 is 13.9 Å². The van der Waals surface area contributed by atoms with Crippen LogP contribution in [0.5, 0.6) is 11.5 Å². The summed E-state index contributed by atoms with van der Waals surface area (Å²) in [4.78, 5) is 1.25. The van der Waals surface area contributed by atoms with Crippen molar-refractivity contribution in [1.82, 2.24) is 10.2 Å². The van der Waals surface area contributed by atoms with Gasteiger partial charge in [-0.25, -0.2) is 0 Å². The van der Waals surface area contributed by atoms with E-state index in [1.165, 1.54) is 22.2 Å². The number of hydrogen-bond acceptors (Lipinski definition) is 7. The van der Waals surface area contributed by atoms with Crippen LogP contribution in [0.25, 0.3) is 11.5 Å². The average Bonchev–Trinajstić information content (AvgIpc) is 3.15. The third-order valence-electron chi connectivity index (χ3n) is 3.56. The Morgan fingerprint density at radius 1 is 0.960 bits per heavy atom. The van der Waals surface area contributed by atoms with Crippen LogP contribution in [-0.4, -0.2) is 30.7 Å². The Morgan fingerprint density at radius 3 is 2.40 bits per heavy atom. The molecule has 0 bridgehead atoms. The molecule has 0 N–H and O–H groups in total. The quantitative estimate of drug-likeness (QED) is 0.552. The lowest BCUT2D eigenvalue weighted by Gasteiger charge is -2.07. The zero-order valence-electron chi connectivity index (χ0n) is 14.2. The standard InChI is InChI=1S/C18H18N2O3S2/c1-21-15-9-6-13(10-16(15)22-2)17-19-20-18(23-17)25-11-12-4-7-14(24-3)8-5-12/h4-10H,11H2,1-3H3. The van der Waals surface area contributed by atoms with Crippen LogP contribution in [0.4, 0.5) is 0 Å². The summed E-state index contributed by atoms with van der Waals surface area (Å²) >= 11 is 3.25. The lowest BCUT2D eigenvalue weighted by Crippen LogP contribution is -1.90. The lowest BCUT2D eigenvalue weighted by molar-refractivity contribution is 0.355. The first-order valence-corrected chi connectivity index (χ1v) is 9.76. The van der Waals surface area contributed by atoms with E-state index in [-0.39, 0.29) is 0 Å². The molecule has 7 heteroatoms. The van der Waals surface area contributed by atoms with E-state index >= 15 is 0 Å². The molecule has 3 aromatic rings. The van der Waals surface area contributed by atoms with E-state index < -0.39 is 0 Å². The summed E-state index contributed by atoms with van der Waals surface area (Å²) in [5.41, 5.74) is 2.01. The van der Waals surface area contributed by atoms with E-state index in [1.807, 2.05) is 18.2 Å². The minimum Gasteiger partial charge on any atom is -0.493 e. The molecule has 2 aromatic carbocycles. The van der Waals surface area contributed by atoms with Crippen molar-refractivity contribution in [2.24, 2.45) is 0 Å². The maximum atomic E-state index is 5.75. The molecule has 0 spiro atoms. The summed E-state index contributed by atoms with van der Waals surface area (Å²) in [5.74, 6) is 2.53. The van der Waals surface area contributed by atoms with Crippen molar-refractivity contribution in [3.05, 3.63) is 48.0 Å². The molecule has 0 unspecified atom stereocenters. The first-order valence-electron chi connectivity index (χ1n) is 7.55. The fourth-order valence-electron chi connectivity index (χ4n) is 2.22. The minimum atomic E-state index is 0.459. The molecule has 0 amide bonds. The highest BCUT2D eigenvalue weighted by molar-refractivity contribution is 7.98. The second-order valence-corrected chi connectivity index (χ2v) is 6.89. The number of hydrogen-bond donors (Lipinski definition) is 0. The molecule has 0 saturated carbocycles. The molecule has 130 valence electrons. The summed E-state index contributed by atoms with van der Waals surface area (Å²) < 4.78 is 16.3. The van der Waals surface area contributed by atoms with Gasteiger partial charge >= 0.3 is 0 Å². The van der Waals surface area contributed by atoms with Gasteiger partial charge in [-0.1, -0.05) is 23.9 Å². The van der Waals surface area contributed by atoms with E-state index in [2.05, 4.69) is 40.7 Å². The van der Waals surface area contributed by atoms with Crippen molar-refractivity contribution in [2.45, 2.75) is 15.9 Å². The van der Waals surface area contributed by atoms with Gasteiger partial charge in [0.15, 0.2) is 11.5 Å². The SMILES string of the molecule is COc1ccc(-c2nnc(SCc3ccc(SC)cc3)o2)cc1OC. The fraction of sp³-hybridized carbons (Fsp3) is 0.222. The van der Waals surface area contributed by atoms with Crippen LogP contribution in [0.2, 0.25) is 0 Å². The van der Waals surface area contributed by atoms with E-state index in [9.17, 15) is 0 Å². The summed E-state index contributed by atoms with van der Waals surface area (Å²) in [6.07, 6.45) is 2.07. The van der Waals surface area contributed by atoms with Crippen LogP contribution >= 0.6 is 23.5 Å². The maximum Gasteiger partial charge on any atom is 0.277 e. The predicted octanol–water partition coefficient (Wildman–Crippen LogP) is 4.77. The number of aromatic nitrogens is 2. The van der Waals surface area contributed by atoms with Crippen LogP contribution in [0, 0.1) is 0 Å². The van der Waals surface area contributed by atoms with Crippen LogP contribution in [0.1, 0.15) is 5.56 Å². The van der Waals surface area contributed by atoms with Gasteiger partial charge in [-0.2, -0.15) is 0 Å². The van der Waals surface area contributed by atoms with Gasteiger partial charge in [-0.3, -0.25) is 0 Å². The molecule has 0 aliphatic carbocycles. The zero-order valence-corrected chi connectivity index (χ0v) is 15.8. The largest absolute Gasteiger partial charge is 0.493 e. The molecule has 1 heterocycles. The van der Waals surface area contributed by atoms with Crippen molar-refractivity contribution >= 4 is 23.5 Å². The van der Waals surface area contributed by atoms with Crippen LogP contribution in [0.3, 0.4) is 0 Å². The number of thioether (sulfide) groups is 2. The Hall–Kier alpha value is -2.12. The van der Waals surface area contributed by atoms with Crippen LogP contribution in [0.15, 0.2) is 57.0 Å². The maximum absolute atomic E-state index is 5.75. The van der Waals surface area contributed by atoms with E-state index in [0.29, 0.717) is 22.6 Å². The smallest absolute Gasteiger partial charge is 0.277 e. The molecular formula is C18H18N2O3S2. The molecule has 1 aromatic heterocycles. The van der Waals surface area contributed by atoms with Gasteiger partial charge in [0, 0.05) is 16.2 Å². The molecule has 0 aliphatic heterocycles. The molecule has 0 fully saturated rings. The normalized spacial score (nSPS) is 10.7. The third kappa shape index (κ3) is 4.29. The van der Waals surface area contributed by atoms with Gasteiger partial charge in [0.1, 0.15) is 0 Å². The third-order valence-corrected chi connectivity index (χ3v) is 5.19. The molecule has 3 rings (SSSR count). The van der Waals surface area contributed by atoms with Crippen molar-refractivity contribution in [3.63, 3.8) is 0 Å². The summed E-state index contributed by atoms with van der Waals surface area (Å²) in [6, 6.07) is 14.0. The second kappa shape index (κ2) is 8.31. The highest BCUT2D eigenvalue weighted by atomic mass is 32.2. The predicted molar refractivity (Wildman–Crippen MR) is 101 cm³/mol. The highest BCUT2D eigenvalue weighted by Crippen LogP contribution is 2.33. The number of methoxy groups -OCH3 is 2. The monoisotopic (exact) mass is 374 g/mol. The zero-order chi connectivity index (χ0) is 17.6. The van der Waals surface area contributed by atoms with Crippen molar-refractivity contribution in [3.8, 4) is 23.0 Å². The van der Waals surface area contributed by atoms with Crippen molar-refractivity contribution in [2.75, 3.05) is 20.5 Å². The van der Waals surface area contributed by atoms with E-state index in [4.69, 9.17) is 13.9 Å². The Balaban J connectivity index is 1.69. The molecule has 0 radical (unpaired) electrons. The number of rotatable bonds is 7. The average molecular weight is 374 g/mol. The lowest BCUT2D eigenvalue weighted by atomic mass is 10.2. The van der Waals surface area contributed by atoms with Gasteiger partial charge in [0.25, 0.3) is 5.22 Å². The topological polar surface area (TPSA) is 57.4 Å². The Morgan fingerprint density at radius 2 is 1.72 bits per heavy atom. The molecule has 5 nitrogen and oxygen atoms in total. The van der Waals surface area contributed by atoms with Gasteiger partial charge < -0.3 is 13.9 Å². The summed E-state index contributed by atoms with van der Waals surface area (Å²) in [5, 5.41) is 8.77. The van der Waals surface area contributed by atoms with E-state index in [0.717, 1.165) is 11.3 Å². The molecule has 0 aliphatic rings.